The number of hydrazine groups is 1. The maximum atomic E-state index is 15.3. The minimum atomic E-state index is -3.81. The van der Waals surface area contributed by atoms with Crippen molar-refractivity contribution in [1.29, 1.82) is 0 Å². The van der Waals surface area contributed by atoms with Gasteiger partial charge in [-0.15, -0.1) is 0 Å². The summed E-state index contributed by atoms with van der Waals surface area (Å²) in [6, 6.07) is 6.81. The molecule has 40 heavy (non-hydrogen) atoms. The van der Waals surface area contributed by atoms with Crippen molar-refractivity contribution in [2.24, 2.45) is 0 Å². The Labute approximate surface area is 230 Å². The molecule has 1 heterocycles. The van der Waals surface area contributed by atoms with E-state index in [1.54, 1.807) is 27.1 Å². The number of methoxy groups -OCH3 is 1. The molecule has 0 spiro atoms. The van der Waals surface area contributed by atoms with E-state index < -0.39 is 33.5 Å². The maximum absolute atomic E-state index is 15.3. The first-order chi connectivity index (χ1) is 18.9. The van der Waals surface area contributed by atoms with Crippen LogP contribution < -0.4 is 29.4 Å². The number of nitrogens with one attached hydrogen (secondary N) is 3. The first kappa shape index (κ1) is 28.8. The molecular weight excluding hydrogens is 548 g/mol. The number of rotatable bonds is 11. The number of aryl methyl sites for hydroxylation is 1. The fourth-order valence-electron chi connectivity index (χ4n) is 3.76. The Bertz CT molecular complexity index is 1540. The molecule has 1 aliphatic carbocycles. The molecule has 14 heteroatoms. The van der Waals surface area contributed by atoms with Crippen LogP contribution in [-0.2, 0) is 19.8 Å². The van der Waals surface area contributed by atoms with E-state index in [1.165, 1.54) is 30.0 Å². The van der Waals surface area contributed by atoms with E-state index in [4.69, 9.17) is 9.47 Å². The topological polar surface area (TPSA) is 139 Å². The molecule has 1 saturated heterocycles. The van der Waals surface area contributed by atoms with E-state index >= 15 is 4.39 Å². The minimum absolute atomic E-state index is 0.0341. The van der Waals surface area contributed by atoms with Gasteiger partial charge in [-0.2, -0.15) is 12.8 Å². The lowest BCUT2D eigenvalue weighted by Crippen LogP contribution is -2.34. The summed E-state index contributed by atoms with van der Waals surface area (Å²) in [7, 11) is 0.560. The Hall–Kier alpha value is -4.17. The molecular formula is C26H29F2N5O6S. The van der Waals surface area contributed by atoms with Gasteiger partial charge in [0.1, 0.15) is 34.9 Å². The Balaban J connectivity index is 1.86. The van der Waals surface area contributed by atoms with Gasteiger partial charge in [0, 0.05) is 25.7 Å². The summed E-state index contributed by atoms with van der Waals surface area (Å²) in [4.78, 5) is 29.2. The smallest absolute Gasteiger partial charge is 0.334 e. The van der Waals surface area contributed by atoms with Gasteiger partial charge in [-0.05, 0) is 56.5 Å². The number of hydrogen-bond donors (Lipinski definition) is 3. The van der Waals surface area contributed by atoms with Crippen LogP contribution in [-0.4, -0.2) is 52.8 Å². The van der Waals surface area contributed by atoms with Crippen LogP contribution in [0, 0.1) is 18.6 Å². The van der Waals surface area contributed by atoms with E-state index in [-0.39, 0.29) is 45.9 Å². The van der Waals surface area contributed by atoms with Gasteiger partial charge in [0.25, 0.3) is 5.91 Å². The Morgan fingerprint density at radius 2 is 1.88 bits per heavy atom. The third-order valence-corrected chi connectivity index (χ3v) is 7.05. The molecule has 1 aliphatic heterocycles. The van der Waals surface area contributed by atoms with Crippen molar-refractivity contribution >= 4 is 33.8 Å². The Morgan fingerprint density at radius 1 is 1.20 bits per heavy atom. The van der Waals surface area contributed by atoms with Gasteiger partial charge in [0.15, 0.2) is 17.3 Å². The van der Waals surface area contributed by atoms with Gasteiger partial charge in [0.2, 0.25) is 0 Å². The Kier molecular flexibility index (Phi) is 8.03. The van der Waals surface area contributed by atoms with Crippen LogP contribution in [0.3, 0.4) is 0 Å². The molecule has 214 valence electrons. The van der Waals surface area contributed by atoms with Gasteiger partial charge in [0.05, 0.1) is 12.8 Å². The van der Waals surface area contributed by atoms with Crippen LogP contribution in [0.15, 0.2) is 53.1 Å². The molecule has 0 atom stereocenters. The highest BCUT2D eigenvalue weighted by molar-refractivity contribution is 7.97. The molecule has 2 aromatic rings. The second kappa shape index (κ2) is 11.1. The third-order valence-electron chi connectivity index (χ3n) is 6.05. The Morgan fingerprint density at radius 3 is 2.40 bits per heavy atom. The molecule has 2 fully saturated rings. The number of halogens is 2. The average Bonchev–Trinajstić information content (AvgIpc) is 3.81. The quantitative estimate of drug-likeness (QED) is 0.122. The van der Waals surface area contributed by atoms with Crippen molar-refractivity contribution in [3.63, 3.8) is 0 Å². The van der Waals surface area contributed by atoms with Crippen LogP contribution in [0.1, 0.15) is 25.3 Å². The summed E-state index contributed by atoms with van der Waals surface area (Å²) in [6.45, 7) is 3.13. The second-order valence-electron chi connectivity index (χ2n) is 9.50. The summed E-state index contributed by atoms with van der Waals surface area (Å²) >= 11 is 0. The van der Waals surface area contributed by atoms with Crippen molar-refractivity contribution in [2.75, 3.05) is 30.9 Å². The predicted molar refractivity (Wildman–Crippen MR) is 144 cm³/mol. The lowest BCUT2D eigenvalue weighted by atomic mass is 10.1. The van der Waals surface area contributed by atoms with Crippen molar-refractivity contribution in [1.82, 2.24) is 15.0 Å². The first-order valence-corrected chi connectivity index (χ1v) is 13.6. The van der Waals surface area contributed by atoms with Crippen LogP contribution in [0.5, 0.6) is 11.5 Å². The van der Waals surface area contributed by atoms with Gasteiger partial charge in [-0.3, -0.25) is 9.59 Å². The zero-order chi connectivity index (χ0) is 29.4. The first-order valence-electron chi connectivity index (χ1n) is 12.2. The van der Waals surface area contributed by atoms with Crippen LogP contribution in [0.2, 0.25) is 0 Å². The summed E-state index contributed by atoms with van der Waals surface area (Å²) in [5, 5.41) is 5.78. The number of anilines is 2. The molecule has 2 aromatic carbocycles. The summed E-state index contributed by atoms with van der Waals surface area (Å²) < 4.78 is 65.2. The zero-order valence-corrected chi connectivity index (χ0v) is 23.3. The number of allylic oxidation sites excluding steroid dienone is 1. The van der Waals surface area contributed by atoms with Crippen LogP contribution in [0.25, 0.3) is 0 Å². The number of hydrogen-bond acceptors (Lipinski definition) is 8. The van der Waals surface area contributed by atoms with Crippen LogP contribution >= 0.6 is 0 Å². The molecule has 1 amide bonds. The highest BCUT2D eigenvalue weighted by Crippen LogP contribution is 2.41. The van der Waals surface area contributed by atoms with E-state index in [0.29, 0.717) is 16.3 Å². The number of carbonyl (C=O) groups is 2. The predicted octanol–water partition coefficient (Wildman–Crippen LogP) is 2.87. The lowest BCUT2D eigenvalue weighted by Gasteiger charge is -2.26. The van der Waals surface area contributed by atoms with E-state index in [1.807, 2.05) is 4.83 Å². The fourth-order valence-corrected chi connectivity index (χ4v) is 4.62. The number of ether oxygens (including phenoxy) is 2. The largest absolute Gasteiger partial charge is 0.490 e. The highest BCUT2D eigenvalue weighted by atomic mass is 32.2. The average molecular weight is 578 g/mol. The van der Waals surface area contributed by atoms with Gasteiger partial charge < -0.3 is 25.0 Å². The molecule has 11 nitrogen and oxygen atoms in total. The summed E-state index contributed by atoms with van der Waals surface area (Å²) in [5.41, 5.74) is 0.231. The molecule has 3 N–H and O–H groups in total. The minimum Gasteiger partial charge on any atom is -0.490 e. The van der Waals surface area contributed by atoms with Gasteiger partial charge >= 0.3 is 10.2 Å². The molecule has 0 bridgehead atoms. The number of benzene rings is 2. The zero-order valence-electron chi connectivity index (χ0n) is 22.5. The van der Waals surface area contributed by atoms with E-state index in [9.17, 15) is 22.4 Å². The lowest BCUT2D eigenvalue weighted by molar-refractivity contribution is -0.117. The van der Waals surface area contributed by atoms with Gasteiger partial charge in [-0.1, -0.05) is 10.9 Å². The maximum Gasteiger partial charge on any atom is 0.334 e. The SMILES string of the molecule is COc1c(OC(=C(\C)C=O)/C(C(=O)NC2CC2)=C(/Nc2ccc(C)cc2F)N(C)C)ccc(N2NS2(=O)=O)c1F. The third kappa shape index (κ3) is 6.02. The van der Waals surface area contributed by atoms with E-state index in [0.717, 1.165) is 26.0 Å². The molecule has 0 unspecified atom stereocenters. The number of amides is 1. The second-order valence-corrected chi connectivity index (χ2v) is 11.0. The summed E-state index contributed by atoms with van der Waals surface area (Å²) in [5.74, 6) is -3.11. The molecule has 2 aliphatic rings. The van der Waals surface area contributed by atoms with Gasteiger partial charge in [-0.25, -0.2) is 8.78 Å². The fraction of sp³-hybridized carbons (Fsp3) is 0.308. The van der Waals surface area contributed by atoms with Crippen molar-refractivity contribution in [2.45, 2.75) is 32.7 Å². The van der Waals surface area contributed by atoms with Crippen molar-refractivity contribution in [3.05, 3.63) is 70.3 Å². The van der Waals surface area contributed by atoms with Crippen LogP contribution in [0.4, 0.5) is 20.2 Å². The molecule has 0 aromatic heterocycles. The standard InChI is InChI=1S/C26H29F2N5O6S/c1-14-6-9-18(17(27)12-14)30-25(32(3)4)21(26(35)29-16-7-8-16)23(15(2)13-34)39-20-11-10-19(22(28)24(20)38-5)33-31-40(33,36)37/h6,9-13,16,30-31H,7-8H2,1-5H3,(H,29,35)/b23-15+,25-21+. The monoisotopic (exact) mass is 577 g/mol. The normalized spacial score (nSPS) is 16.8. The van der Waals surface area contributed by atoms with Crippen molar-refractivity contribution in [3.8, 4) is 11.5 Å². The molecule has 1 saturated carbocycles. The number of aldehydes is 1. The number of carbonyl (C=O) groups excluding carboxylic acids is 2. The van der Waals surface area contributed by atoms with Crippen molar-refractivity contribution < 1.29 is 36.3 Å². The highest BCUT2D eigenvalue weighted by Gasteiger charge is 2.43. The summed E-state index contributed by atoms with van der Waals surface area (Å²) in [6.07, 6.45) is 1.98. The molecule has 0 radical (unpaired) electrons. The van der Waals surface area contributed by atoms with E-state index in [2.05, 4.69) is 10.6 Å². The number of nitrogens with zero attached hydrogens (tertiary/aromatic N) is 2. The molecule has 4 rings (SSSR count).